The van der Waals surface area contributed by atoms with Crippen LogP contribution in [0.4, 0.5) is 0 Å². The molecule has 0 aliphatic heterocycles. The number of carbonyl (C=O) groups excluding carboxylic acids is 1. The lowest BCUT2D eigenvalue weighted by Crippen LogP contribution is -2.24. The Morgan fingerprint density at radius 1 is 1.48 bits per heavy atom. The zero-order valence-electron chi connectivity index (χ0n) is 13.5. The summed E-state index contributed by atoms with van der Waals surface area (Å²) in [7, 11) is 0. The van der Waals surface area contributed by atoms with Gasteiger partial charge in [0.05, 0.1) is 18.4 Å². The molecule has 0 spiro atoms. The van der Waals surface area contributed by atoms with E-state index in [4.69, 9.17) is 4.74 Å². The molecule has 0 aliphatic carbocycles. The van der Waals surface area contributed by atoms with Gasteiger partial charge in [-0.05, 0) is 32.9 Å². The lowest BCUT2D eigenvalue weighted by Gasteiger charge is -2.16. The second kappa shape index (κ2) is 8.29. The summed E-state index contributed by atoms with van der Waals surface area (Å²) in [5, 5.41) is 18.9. The number of aliphatic hydroxyl groups excluding tert-OH is 2. The van der Waals surface area contributed by atoms with Crippen molar-refractivity contribution in [2.24, 2.45) is 5.92 Å². The van der Waals surface area contributed by atoms with E-state index in [1.165, 1.54) is 0 Å². The van der Waals surface area contributed by atoms with Gasteiger partial charge in [0, 0.05) is 25.1 Å². The first kappa shape index (κ1) is 19.4. The van der Waals surface area contributed by atoms with Gasteiger partial charge in [0.15, 0.2) is 17.2 Å². The van der Waals surface area contributed by atoms with Crippen LogP contribution in [0.25, 0.3) is 5.65 Å². The number of Topliss-reactive ketones (excluding diaryl/α,β-unsaturated/α-hetero) is 1. The van der Waals surface area contributed by atoms with Crippen molar-refractivity contribution >= 4 is 23.8 Å². The van der Waals surface area contributed by atoms with Crippen LogP contribution in [0.2, 0.25) is 0 Å². The normalized spacial score (nSPS) is 13.4. The van der Waals surface area contributed by atoms with Gasteiger partial charge in [-0.1, -0.05) is 0 Å². The van der Waals surface area contributed by atoms with Gasteiger partial charge in [0.25, 0.3) is 0 Å². The highest BCUT2D eigenvalue weighted by molar-refractivity contribution is 5.97. The molecule has 0 amide bonds. The van der Waals surface area contributed by atoms with E-state index in [-0.39, 0.29) is 31.2 Å². The molecule has 2 atom stereocenters. The van der Waals surface area contributed by atoms with Crippen LogP contribution >= 0.6 is 12.4 Å². The van der Waals surface area contributed by atoms with Crippen LogP contribution in [-0.2, 0) is 0 Å². The summed E-state index contributed by atoms with van der Waals surface area (Å²) in [6.45, 7) is 5.52. The second-order valence-electron chi connectivity index (χ2n) is 5.36. The summed E-state index contributed by atoms with van der Waals surface area (Å²) in [6, 6.07) is 3.61. The molecule has 128 valence electrons. The minimum atomic E-state index is -0.743. The number of aromatic nitrogens is 2. The second-order valence-corrected chi connectivity index (χ2v) is 5.36. The lowest BCUT2D eigenvalue weighted by molar-refractivity contribution is 0.0643. The molecule has 23 heavy (non-hydrogen) atoms. The first-order valence-electron chi connectivity index (χ1n) is 7.42. The summed E-state index contributed by atoms with van der Waals surface area (Å²) in [5.74, 6) is -0.00694. The van der Waals surface area contributed by atoms with Gasteiger partial charge in [-0.15, -0.1) is 12.4 Å². The zero-order valence-corrected chi connectivity index (χ0v) is 14.3. The predicted octanol–water partition coefficient (Wildman–Crippen LogP) is 2.03. The van der Waals surface area contributed by atoms with Crippen LogP contribution in [0.3, 0.4) is 0 Å². The average molecular weight is 343 g/mol. The van der Waals surface area contributed by atoms with Crippen LogP contribution in [0.15, 0.2) is 18.3 Å². The first-order valence-corrected chi connectivity index (χ1v) is 7.42. The number of rotatable bonds is 7. The third kappa shape index (κ3) is 4.02. The molecule has 0 aliphatic rings. The maximum Gasteiger partial charge on any atom is 0.181 e. The van der Waals surface area contributed by atoms with Gasteiger partial charge in [0.1, 0.15) is 5.69 Å². The Balaban J connectivity index is 0.00000264. The monoisotopic (exact) mass is 342 g/mol. The number of aryl methyl sites for hydroxylation is 1. The number of halogens is 1. The number of aliphatic hydroxyl groups is 2. The van der Waals surface area contributed by atoms with E-state index in [2.05, 4.69) is 4.98 Å². The molecule has 2 aromatic rings. The van der Waals surface area contributed by atoms with E-state index in [0.29, 0.717) is 29.4 Å². The van der Waals surface area contributed by atoms with E-state index >= 15 is 0 Å². The number of imidazole rings is 1. The SMILES string of the molecule is CCOc1cccn2c(C(=O)C[C@H](CO)[C@@H](C)O)c(C)nc12.Cl. The zero-order chi connectivity index (χ0) is 16.3. The Hall–Kier alpha value is -1.63. The molecule has 0 bridgehead atoms. The van der Waals surface area contributed by atoms with Crippen molar-refractivity contribution in [2.45, 2.75) is 33.3 Å². The molecule has 0 saturated carbocycles. The number of carbonyl (C=O) groups is 1. The van der Waals surface area contributed by atoms with Crippen LogP contribution in [0.5, 0.6) is 5.75 Å². The van der Waals surface area contributed by atoms with Crippen LogP contribution in [-0.4, -0.2) is 44.7 Å². The smallest absolute Gasteiger partial charge is 0.181 e. The molecule has 6 nitrogen and oxygen atoms in total. The van der Waals surface area contributed by atoms with Crippen molar-refractivity contribution in [3.05, 3.63) is 29.7 Å². The van der Waals surface area contributed by atoms with E-state index < -0.39 is 12.0 Å². The highest BCUT2D eigenvalue weighted by Crippen LogP contribution is 2.24. The molecule has 0 radical (unpaired) electrons. The van der Waals surface area contributed by atoms with Gasteiger partial charge in [-0.3, -0.25) is 9.20 Å². The minimum Gasteiger partial charge on any atom is -0.490 e. The Bertz CT molecular complexity index is 669. The fourth-order valence-corrected chi connectivity index (χ4v) is 2.48. The third-order valence-electron chi connectivity index (χ3n) is 3.72. The molecule has 0 aromatic carbocycles. The number of pyridine rings is 1. The first-order chi connectivity index (χ1) is 10.5. The van der Waals surface area contributed by atoms with Crippen LogP contribution < -0.4 is 4.74 Å². The van der Waals surface area contributed by atoms with Crippen LogP contribution in [0, 0.1) is 12.8 Å². The van der Waals surface area contributed by atoms with Crippen molar-refractivity contribution in [2.75, 3.05) is 13.2 Å². The molecule has 2 aromatic heterocycles. The number of fused-ring (bicyclic) bond motifs is 1. The molecule has 7 heteroatoms. The molecule has 2 heterocycles. The van der Waals surface area contributed by atoms with Crippen molar-refractivity contribution in [3.63, 3.8) is 0 Å². The van der Waals surface area contributed by atoms with Crippen molar-refractivity contribution < 1.29 is 19.7 Å². The van der Waals surface area contributed by atoms with Crippen molar-refractivity contribution in [1.82, 2.24) is 9.38 Å². The summed E-state index contributed by atoms with van der Waals surface area (Å²) in [4.78, 5) is 17.0. The van der Waals surface area contributed by atoms with Gasteiger partial charge < -0.3 is 14.9 Å². The number of hydrogen-bond donors (Lipinski definition) is 2. The number of ketones is 1. The fraction of sp³-hybridized carbons (Fsp3) is 0.500. The molecule has 0 saturated heterocycles. The maximum atomic E-state index is 12.6. The largest absolute Gasteiger partial charge is 0.490 e. The maximum absolute atomic E-state index is 12.6. The quantitative estimate of drug-likeness (QED) is 0.752. The summed E-state index contributed by atoms with van der Waals surface area (Å²) < 4.78 is 7.24. The van der Waals surface area contributed by atoms with E-state index in [1.807, 2.05) is 13.0 Å². The Labute approximate surface area is 141 Å². The summed E-state index contributed by atoms with van der Waals surface area (Å²) >= 11 is 0. The Morgan fingerprint density at radius 2 is 2.17 bits per heavy atom. The predicted molar refractivity (Wildman–Crippen MR) is 89.6 cm³/mol. The van der Waals surface area contributed by atoms with Gasteiger partial charge in [-0.2, -0.15) is 0 Å². The molecular formula is C16H23ClN2O4. The number of nitrogens with zero attached hydrogens (tertiary/aromatic N) is 2. The van der Waals surface area contributed by atoms with Gasteiger partial charge in [-0.25, -0.2) is 4.98 Å². The minimum absolute atomic E-state index is 0. The molecule has 2 N–H and O–H groups in total. The molecule has 0 fully saturated rings. The fourth-order valence-electron chi connectivity index (χ4n) is 2.48. The van der Waals surface area contributed by atoms with Crippen molar-refractivity contribution in [3.8, 4) is 5.75 Å². The molecular weight excluding hydrogens is 320 g/mol. The average Bonchev–Trinajstić information content (AvgIpc) is 2.81. The number of ether oxygens (including phenoxy) is 1. The standard InChI is InChI=1S/C16H22N2O4.ClH/c1-4-22-14-6-5-7-18-15(10(2)17-16(14)18)13(21)8-12(9-19)11(3)20;/h5-7,11-12,19-20H,4,8-9H2,1-3H3;1H/t11-,12-;/m1./s1. The topological polar surface area (TPSA) is 84.1 Å². The number of hydrogen-bond acceptors (Lipinski definition) is 5. The third-order valence-corrected chi connectivity index (χ3v) is 3.72. The lowest BCUT2D eigenvalue weighted by atomic mass is 9.96. The Kier molecular flexibility index (Phi) is 7.00. The van der Waals surface area contributed by atoms with E-state index in [1.54, 1.807) is 30.5 Å². The summed E-state index contributed by atoms with van der Waals surface area (Å²) in [5.41, 5.74) is 1.68. The van der Waals surface area contributed by atoms with Crippen LogP contribution in [0.1, 0.15) is 36.5 Å². The van der Waals surface area contributed by atoms with Crippen molar-refractivity contribution in [1.29, 1.82) is 0 Å². The van der Waals surface area contributed by atoms with Gasteiger partial charge >= 0.3 is 0 Å². The summed E-state index contributed by atoms with van der Waals surface area (Å²) in [6.07, 6.45) is 1.09. The van der Waals surface area contributed by atoms with E-state index in [9.17, 15) is 15.0 Å². The molecule has 0 unspecified atom stereocenters. The van der Waals surface area contributed by atoms with Gasteiger partial charge in [0.2, 0.25) is 0 Å². The highest BCUT2D eigenvalue weighted by Gasteiger charge is 2.24. The highest BCUT2D eigenvalue weighted by atomic mass is 35.5. The Morgan fingerprint density at radius 3 is 2.74 bits per heavy atom. The molecule has 2 rings (SSSR count). The van der Waals surface area contributed by atoms with E-state index in [0.717, 1.165) is 0 Å².